The standard InChI is InChI=1S/C16H23BrFNO/c1-4-6-7-8-12(3)19(16(20)5-2)13-9-10-15(18)14(17)11-13/h9-12H,4-8H2,1-3H3. The number of amides is 1. The lowest BCUT2D eigenvalue weighted by molar-refractivity contribution is -0.118. The molecule has 0 aliphatic heterocycles. The van der Waals surface area contributed by atoms with Gasteiger partial charge >= 0.3 is 0 Å². The maximum Gasteiger partial charge on any atom is 0.226 e. The molecule has 0 N–H and O–H groups in total. The van der Waals surface area contributed by atoms with Crippen LogP contribution in [0, 0.1) is 5.82 Å². The number of hydrogen-bond acceptors (Lipinski definition) is 1. The molecule has 0 spiro atoms. The summed E-state index contributed by atoms with van der Waals surface area (Å²) in [7, 11) is 0. The number of halogens is 2. The van der Waals surface area contributed by atoms with Crippen molar-refractivity contribution < 1.29 is 9.18 Å². The summed E-state index contributed by atoms with van der Waals surface area (Å²) in [5.74, 6) is -0.233. The van der Waals surface area contributed by atoms with Gasteiger partial charge in [0.15, 0.2) is 0 Å². The van der Waals surface area contributed by atoms with E-state index in [9.17, 15) is 9.18 Å². The molecule has 0 aromatic heterocycles. The monoisotopic (exact) mass is 343 g/mol. The first kappa shape index (κ1) is 17.2. The lowest BCUT2D eigenvalue weighted by atomic mass is 10.1. The Balaban J connectivity index is 2.93. The van der Waals surface area contributed by atoms with Gasteiger partial charge in [0.25, 0.3) is 0 Å². The number of unbranched alkanes of at least 4 members (excludes halogenated alkanes) is 2. The minimum atomic E-state index is -0.309. The van der Waals surface area contributed by atoms with E-state index in [2.05, 4.69) is 29.8 Å². The van der Waals surface area contributed by atoms with Crippen LogP contribution in [0.1, 0.15) is 52.9 Å². The van der Waals surface area contributed by atoms with Crippen molar-refractivity contribution in [2.75, 3.05) is 4.90 Å². The Labute approximate surface area is 129 Å². The zero-order valence-electron chi connectivity index (χ0n) is 12.5. The SMILES string of the molecule is CCCCCC(C)N(C(=O)CC)c1ccc(F)c(Br)c1. The number of rotatable bonds is 7. The molecule has 1 rings (SSSR count). The van der Waals surface area contributed by atoms with Crippen molar-refractivity contribution in [2.45, 2.75) is 58.9 Å². The number of benzene rings is 1. The predicted molar refractivity (Wildman–Crippen MR) is 85.5 cm³/mol. The topological polar surface area (TPSA) is 20.3 Å². The van der Waals surface area contributed by atoms with E-state index >= 15 is 0 Å². The second kappa shape index (κ2) is 8.40. The van der Waals surface area contributed by atoms with Crippen molar-refractivity contribution >= 4 is 27.5 Å². The fourth-order valence-electron chi connectivity index (χ4n) is 2.27. The van der Waals surface area contributed by atoms with E-state index < -0.39 is 0 Å². The molecule has 20 heavy (non-hydrogen) atoms. The predicted octanol–water partition coefficient (Wildman–Crippen LogP) is 5.30. The highest BCUT2D eigenvalue weighted by Crippen LogP contribution is 2.26. The van der Waals surface area contributed by atoms with Crippen molar-refractivity contribution in [2.24, 2.45) is 0 Å². The van der Waals surface area contributed by atoms with E-state index in [1.807, 2.05) is 6.92 Å². The molecule has 0 radical (unpaired) electrons. The molecule has 112 valence electrons. The van der Waals surface area contributed by atoms with E-state index in [1.54, 1.807) is 17.0 Å². The molecule has 0 fully saturated rings. The fourth-order valence-corrected chi connectivity index (χ4v) is 2.64. The summed E-state index contributed by atoms with van der Waals surface area (Å²) in [6.45, 7) is 6.07. The van der Waals surface area contributed by atoms with Crippen LogP contribution in [0.5, 0.6) is 0 Å². The molecule has 4 heteroatoms. The number of anilines is 1. The van der Waals surface area contributed by atoms with E-state index in [4.69, 9.17) is 0 Å². The lowest BCUT2D eigenvalue weighted by Gasteiger charge is -2.29. The van der Waals surface area contributed by atoms with Crippen LogP contribution in [0.2, 0.25) is 0 Å². The van der Waals surface area contributed by atoms with E-state index in [0.29, 0.717) is 10.9 Å². The second-order valence-electron chi connectivity index (χ2n) is 5.06. The van der Waals surface area contributed by atoms with Crippen molar-refractivity contribution in [3.05, 3.63) is 28.5 Å². The zero-order valence-corrected chi connectivity index (χ0v) is 14.0. The van der Waals surface area contributed by atoms with Gasteiger partial charge < -0.3 is 4.90 Å². The van der Waals surface area contributed by atoms with Crippen LogP contribution in [0.15, 0.2) is 22.7 Å². The molecular weight excluding hydrogens is 321 g/mol. The molecule has 0 aliphatic rings. The van der Waals surface area contributed by atoms with Crippen molar-refractivity contribution in [3.63, 3.8) is 0 Å². The van der Waals surface area contributed by atoms with Gasteiger partial charge in [0.05, 0.1) is 4.47 Å². The molecule has 0 saturated carbocycles. The number of nitrogens with zero attached hydrogens (tertiary/aromatic N) is 1. The van der Waals surface area contributed by atoms with E-state index in [-0.39, 0.29) is 17.8 Å². The van der Waals surface area contributed by atoms with Gasteiger partial charge in [0.2, 0.25) is 5.91 Å². The molecule has 1 atom stereocenters. The van der Waals surface area contributed by atoms with Gasteiger partial charge in [-0.3, -0.25) is 4.79 Å². The van der Waals surface area contributed by atoms with Crippen LogP contribution in [0.4, 0.5) is 10.1 Å². The van der Waals surface area contributed by atoms with Gasteiger partial charge in [-0.15, -0.1) is 0 Å². The largest absolute Gasteiger partial charge is 0.310 e. The van der Waals surface area contributed by atoms with Crippen molar-refractivity contribution in [1.82, 2.24) is 0 Å². The first-order chi connectivity index (χ1) is 9.51. The molecule has 1 amide bonds. The summed E-state index contributed by atoms with van der Waals surface area (Å²) in [5.41, 5.74) is 0.758. The molecule has 1 unspecified atom stereocenters. The van der Waals surface area contributed by atoms with Gasteiger partial charge in [-0.25, -0.2) is 4.39 Å². The lowest BCUT2D eigenvalue weighted by Crippen LogP contribution is -2.38. The van der Waals surface area contributed by atoms with Gasteiger partial charge in [-0.1, -0.05) is 33.1 Å². The normalized spacial score (nSPS) is 12.2. The molecule has 0 heterocycles. The summed E-state index contributed by atoms with van der Waals surface area (Å²) in [4.78, 5) is 14.0. The zero-order chi connectivity index (χ0) is 15.1. The average Bonchev–Trinajstić information content (AvgIpc) is 2.43. The molecule has 0 saturated heterocycles. The van der Waals surface area contributed by atoms with Crippen LogP contribution in [0.3, 0.4) is 0 Å². The minimum Gasteiger partial charge on any atom is -0.310 e. The Morgan fingerprint density at radius 1 is 1.35 bits per heavy atom. The van der Waals surface area contributed by atoms with Crippen molar-refractivity contribution in [3.8, 4) is 0 Å². The van der Waals surface area contributed by atoms with Gasteiger partial charge in [0, 0.05) is 18.2 Å². The average molecular weight is 344 g/mol. The summed E-state index contributed by atoms with van der Waals surface area (Å²) >= 11 is 3.19. The molecule has 1 aromatic carbocycles. The van der Waals surface area contributed by atoms with Crippen LogP contribution in [0.25, 0.3) is 0 Å². The minimum absolute atomic E-state index is 0.0764. The first-order valence-corrected chi connectivity index (χ1v) is 8.07. The molecule has 0 aliphatic carbocycles. The number of carbonyl (C=O) groups is 1. The molecule has 1 aromatic rings. The van der Waals surface area contributed by atoms with Crippen LogP contribution < -0.4 is 4.90 Å². The van der Waals surface area contributed by atoms with Gasteiger partial charge in [0.1, 0.15) is 5.82 Å². The third kappa shape index (κ3) is 4.58. The molecule has 0 bridgehead atoms. The van der Waals surface area contributed by atoms with Crippen LogP contribution >= 0.6 is 15.9 Å². The van der Waals surface area contributed by atoms with Gasteiger partial charge in [-0.05, 0) is 47.5 Å². The van der Waals surface area contributed by atoms with Crippen molar-refractivity contribution in [1.29, 1.82) is 0 Å². The summed E-state index contributed by atoms with van der Waals surface area (Å²) in [5, 5.41) is 0. The third-order valence-corrected chi connectivity index (χ3v) is 4.03. The maximum absolute atomic E-state index is 13.3. The highest BCUT2D eigenvalue weighted by Gasteiger charge is 2.21. The van der Waals surface area contributed by atoms with E-state index in [0.717, 1.165) is 24.9 Å². The van der Waals surface area contributed by atoms with E-state index in [1.165, 1.54) is 12.5 Å². The van der Waals surface area contributed by atoms with Crippen LogP contribution in [-0.2, 0) is 4.79 Å². The second-order valence-corrected chi connectivity index (χ2v) is 5.91. The highest BCUT2D eigenvalue weighted by molar-refractivity contribution is 9.10. The molecule has 2 nitrogen and oxygen atoms in total. The maximum atomic E-state index is 13.3. The van der Waals surface area contributed by atoms with Crippen LogP contribution in [-0.4, -0.2) is 11.9 Å². The number of carbonyl (C=O) groups excluding carboxylic acids is 1. The smallest absolute Gasteiger partial charge is 0.226 e. The Kier molecular flexibility index (Phi) is 7.20. The Hall–Kier alpha value is -0.900. The molecular formula is C16H23BrFNO. The fraction of sp³-hybridized carbons (Fsp3) is 0.562. The highest BCUT2D eigenvalue weighted by atomic mass is 79.9. The Morgan fingerprint density at radius 2 is 2.05 bits per heavy atom. The first-order valence-electron chi connectivity index (χ1n) is 7.28. The summed E-state index contributed by atoms with van der Waals surface area (Å²) in [6.07, 6.45) is 4.86. The quantitative estimate of drug-likeness (QED) is 0.615. The number of hydrogen-bond donors (Lipinski definition) is 0. The third-order valence-electron chi connectivity index (χ3n) is 3.42. The summed E-state index contributed by atoms with van der Waals surface area (Å²) < 4.78 is 13.7. The Morgan fingerprint density at radius 3 is 2.60 bits per heavy atom. The summed E-state index contributed by atoms with van der Waals surface area (Å²) in [6, 6.07) is 4.88. The Bertz CT molecular complexity index is 450. The van der Waals surface area contributed by atoms with Gasteiger partial charge in [-0.2, -0.15) is 0 Å².